The van der Waals surface area contributed by atoms with Crippen molar-refractivity contribution in [2.24, 2.45) is 0 Å². The van der Waals surface area contributed by atoms with Crippen molar-refractivity contribution in [3.8, 4) is 22.8 Å². The van der Waals surface area contributed by atoms with Crippen molar-refractivity contribution in [1.29, 1.82) is 0 Å². The van der Waals surface area contributed by atoms with Gasteiger partial charge in [0.05, 0.1) is 12.4 Å². The normalized spacial score (nSPS) is 10.6. The number of aryl methyl sites for hydroxylation is 4. The number of halogens is 4. The van der Waals surface area contributed by atoms with Crippen LogP contribution in [0.5, 0.6) is 0 Å². The summed E-state index contributed by atoms with van der Waals surface area (Å²) in [6, 6.07) is 33.2. The van der Waals surface area contributed by atoms with E-state index in [0.717, 1.165) is 52.2 Å². The number of rotatable bonds is 8. The maximum absolute atomic E-state index is 5.07. The Morgan fingerprint density at radius 2 is 0.868 bits per heavy atom. The molecule has 4 heterocycles. The van der Waals surface area contributed by atoms with Gasteiger partial charge in [0.25, 0.3) is 0 Å². The fourth-order valence-electron chi connectivity index (χ4n) is 6.44. The summed E-state index contributed by atoms with van der Waals surface area (Å²) in [7, 11) is 0. The summed E-state index contributed by atoms with van der Waals surface area (Å²) in [5.74, 6) is 1.70. The van der Waals surface area contributed by atoms with E-state index in [-0.39, 0.29) is 101 Å². The third kappa shape index (κ3) is 11.7. The quantitative estimate of drug-likeness (QED) is 0.123. The molecule has 0 spiro atoms. The summed E-state index contributed by atoms with van der Waals surface area (Å²) in [5, 5.41) is 0. The van der Waals surface area contributed by atoms with E-state index < -0.39 is 0 Å². The zero-order chi connectivity index (χ0) is 32.9. The molecule has 2 aromatic carbocycles. The molecule has 2 radical (unpaired) electrons. The smallest absolute Gasteiger partial charge is 1.00 e. The molecule has 278 valence electrons. The van der Waals surface area contributed by atoms with Crippen LogP contribution in [-0.4, -0.2) is 32.4 Å². The second-order valence-electron chi connectivity index (χ2n) is 11.8. The molecule has 4 aromatic heterocycles. The van der Waals surface area contributed by atoms with Crippen molar-refractivity contribution < 1.29 is 101 Å². The Kier molecular flexibility index (Phi) is 22.1. The first-order valence-corrected chi connectivity index (χ1v) is 16.0. The molecule has 0 saturated heterocycles. The molecule has 0 amide bonds. The van der Waals surface area contributed by atoms with E-state index in [0.29, 0.717) is 0 Å². The van der Waals surface area contributed by atoms with Crippen LogP contribution in [0.4, 0.5) is 23.0 Å². The first kappa shape index (κ1) is 50.3. The van der Waals surface area contributed by atoms with Crippen LogP contribution in [0, 0.1) is 27.7 Å². The number of hydrogen-bond acceptors (Lipinski definition) is 4. The zero-order valence-electron chi connectivity index (χ0n) is 30.1. The summed E-state index contributed by atoms with van der Waals surface area (Å²) < 4.78 is 4.42. The van der Waals surface area contributed by atoms with Gasteiger partial charge in [-0.3, -0.25) is 9.97 Å². The molecule has 6 aromatic rings. The molecule has 0 aliphatic heterocycles. The number of hydrogen-bond donors (Lipinski definition) is 0. The Morgan fingerprint density at radius 3 is 1.21 bits per heavy atom. The van der Waals surface area contributed by atoms with Gasteiger partial charge in [-0.05, 0) is 111 Å². The predicted octanol–water partition coefficient (Wildman–Crippen LogP) is -2.71. The van der Waals surface area contributed by atoms with Gasteiger partial charge in [-0.2, -0.15) is 0 Å². The van der Waals surface area contributed by atoms with E-state index in [1.807, 2.05) is 48.5 Å². The molecule has 0 aliphatic carbocycles. The fraction of sp³-hybridized carbons (Fsp3) is 0.171. The standard InChI is InChI=1S/C41H40N6.4BrH.2Co/c1-7-46(38-19-13-17-36(44-38)34-15-9-11-21-42-34)40-30(5)23-28(3)25-32(40)27-33-26-29(4)24-31(6)41(33)47(8-2)39-20-14-18-37(45-39)35-16-10-12-22-43-35;;;;;;/h7-26H,27H2,1-6H3;4*1H;;/q+2;;;;;2*+2/p-4. The molecule has 53 heavy (non-hydrogen) atoms. The summed E-state index contributed by atoms with van der Waals surface area (Å²) in [6.07, 6.45) is 8.54. The van der Waals surface area contributed by atoms with Gasteiger partial charge in [-0.15, -0.1) is 0 Å². The van der Waals surface area contributed by atoms with Crippen LogP contribution in [0.25, 0.3) is 22.8 Å². The van der Waals surface area contributed by atoms with Gasteiger partial charge in [0.1, 0.15) is 22.8 Å². The third-order valence-corrected chi connectivity index (χ3v) is 8.24. The molecule has 6 nitrogen and oxygen atoms in total. The van der Waals surface area contributed by atoms with E-state index in [4.69, 9.17) is 9.97 Å². The Balaban J connectivity index is 0.00000451. The van der Waals surface area contributed by atoms with Crippen LogP contribution < -0.4 is 77.1 Å². The zero-order valence-corrected chi connectivity index (χ0v) is 38.5. The fourth-order valence-corrected chi connectivity index (χ4v) is 6.44. The molecular weight excluding hydrogens is 1010 g/mol. The Morgan fingerprint density at radius 1 is 0.491 bits per heavy atom. The molecule has 12 heteroatoms. The van der Waals surface area contributed by atoms with Crippen LogP contribution in [0.2, 0.25) is 0 Å². The average molecular weight is 1050 g/mol. The van der Waals surface area contributed by atoms with E-state index in [9.17, 15) is 0 Å². The van der Waals surface area contributed by atoms with Crippen molar-refractivity contribution >= 4 is 35.4 Å². The maximum atomic E-state index is 5.07. The van der Waals surface area contributed by atoms with E-state index >= 15 is 0 Å². The molecule has 6 rings (SSSR count). The summed E-state index contributed by atoms with van der Waals surface area (Å²) in [5.41, 5.74) is 12.9. The van der Waals surface area contributed by atoms with Crippen molar-refractivity contribution in [2.75, 3.05) is 0 Å². The van der Waals surface area contributed by atoms with Crippen molar-refractivity contribution in [1.82, 2.24) is 29.1 Å². The van der Waals surface area contributed by atoms with Crippen molar-refractivity contribution in [3.63, 3.8) is 0 Å². The molecule has 0 unspecified atom stereocenters. The minimum atomic E-state index is 0. The number of pyridine rings is 4. The van der Waals surface area contributed by atoms with Crippen molar-refractivity contribution in [3.05, 3.63) is 143 Å². The summed E-state index contributed by atoms with van der Waals surface area (Å²) in [6.45, 7) is 12.8. The summed E-state index contributed by atoms with van der Waals surface area (Å²) >= 11 is 0. The van der Waals surface area contributed by atoms with Gasteiger partial charge < -0.3 is 67.9 Å². The molecule has 0 aliphatic rings. The van der Waals surface area contributed by atoms with Gasteiger partial charge in [0.15, 0.2) is 0 Å². The maximum Gasteiger partial charge on any atom is 2.00 e. The van der Waals surface area contributed by atoms with Gasteiger partial charge in [0, 0.05) is 42.1 Å². The van der Waals surface area contributed by atoms with Gasteiger partial charge in [-0.25, -0.2) is 9.15 Å². The second kappa shape index (κ2) is 23.3. The Bertz CT molecular complexity index is 1990. The number of aromatic nitrogens is 4. The largest absolute Gasteiger partial charge is 2.00 e. The molecule has 0 atom stereocenters. The van der Waals surface area contributed by atoms with Crippen LogP contribution >= 0.6 is 0 Å². The predicted molar refractivity (Wildman–Crippen MR) is 196 cm³/mol. The van der Waals surface area contributed by atoms with Crippen LogP contribution in [0.3, 0.4) is 0 Å². The van der Waals surface area contributed by atoms with Gasteiger partial charge in [0.2, 0.25) is 11.4 Å². The molecule has 0 bridgehead atoms. The van der Waals surface area contributed by atoms with Crippen LogP contribution in [0.1, 0.15) is 47.2 Å². The Labute approximate surface area is 376 Å². The number of benzene rings is 2. The topological polar surface area (TPSA) is 57.6 Å². The van der Waals surface area contributed by atoms with Gasteiger partial charge in [-0.1, -0.05) is 47.5 Å². The third-order valence-electron chi connectivity index (χ3n) is 8.24. The summed E-state index contributed by atoms with van der Waals surface area (Å²) in [4.78, 5) is 19.2. The van der Waals surface area contributed by atoms with Crippen molar-refractivity contribution in [2.45, 2.75) is 48.0 Å². The molecule has 0 fully saturated rings. The van der Waals surface area contributed by atoms with Crippen LogP contribution in [0.15, 0.2) is 109 Å². The van der Waals surface area contributed by atoms with Crippen LogP contribution in [-0.2, 0) is 40.0 Å². The van der Waals surface area contributed by atoms with Gasteiger partial charge >= 0.3 is 45.2 Å². The molecule has 0 saturated carbocycles. The van der Waals surface area contributed by atoms with E-state index in [2.05, 4.69) is 122 Å². The molecule has 0 N–H and O–H groups in total. The monoisotopic (exact) mass is 1050 g/mol. The SMILES string of the molecule is CC=[N+](c1cccc(-c2ccccn2)n1)c1c(C)cc(C)cc1Cc1cc(C)cc(C)c1[N+](=CC)c1cccc(-c2ccccn2)n1.[Br-].[Br-].[Br-].[Br-].[Co+2].[Co+2]. The Hall–Kier alpha value is -2.69. The first-order chi connectivity index (χ1) is 22.9. The minimum absolute atomic E-state index is 0. The second-order valence-corrected chi connectivity index (χ2v) is 11.8. The average Bonchev–Trinajstić information content (AvgIpc) is 3.08. The molecular formula is C41H40Br4Co2N6+2. The minimum Gasteiger partial charge on any atom is -1.00 e. The van der Waals surface area contributed by atoms with E-state index in [1.54, 1.807) is 12.4 Å². The first-order valence-electron chi connectivity index (χ1n) is 16.0. The van der Waals surface area contributed by atoms with E-state index in [1.165, 1.54) is 33.4 Å². The number of nitrogens with zero attached hydrogens (tertiary/aromatic N) is 6.